The number of hydrogen-bond acceptors (Lipinski definition) is 9. The fraction of sp³-hybridized carbons (Fsp3) is 0.512. The Kier molecular flexibility index (Phi) is 15.1. The number of aliphatic carboxylic acids is 1. The number of carboxylic acid groups (broad SMARTS) is 1. The number of aromatic amines is 2. The van der Waals surface area contributed by atoms with Crippen LogP contribution in [0.2, 0.25) is 0 Å². The Hall–Kier alpha value is -4.22. The summed E-state index contributed by atoms with van der Waals surface area (Å²) in [4.78, 5) is 69.7. The van der Waals surface area contributed by atoms with Gasteiger partial charge in [-0.25, -0.2) is 0 Å². The van der Waals surface area contributed by atoms with Gasteiger partial charge in [-0.1, -0.05) is 20.8 Å². The summed E-state index contributed by atoms with van der Waals surface area (Å²) in [6, 6.07) is 5.85. The van der Waals surface area contributed by atoms with E-state index in [9.17, 15) is 24.3 Å². The molecule has 0 aliphatic carbocycles. The van der Waals surface area contributed by atoms with Crippen LogP contribution in [0.3, 0.4) is 0 Å². The molecule has 13 nitrogen and oxygen atoms in total. The molecule has 3 aromatic heterocycles. The number of ether oxygens (including phenoxy) is 1. The minimum Gasteiger partial charge on any atom is -0.481 e. The van der Waals surface area contributed by atoms with E-state index < -0.39 is 17.9 Å². The number of carbonyl (C=O) groups is 4. The number of ketones is 1. The zero-order chi connectivity index (χ0) is 39.3. The summed E-state index contributed by atoms with van der Waals surface area (Å²) >= 11 is 0. The summed E-state index contributed by atoms with van der Waals surface area (Å²) in [6.45, 7) is 14.1. The number of esters is 1. The van der Waals surface area contributed by atoms with Gasteiger partial charge < -0.3 is 36.2 Å². The van der Waals surface area contributed by atoms with Crippen LogP contribution >= 0.6 is 0 Å². The van der Waals surface area contributed by atoms with Gasteiger partial charge in [0.15, 0.2) is 5.78 Å². The molecule has 2 aliphatic rings. The first-order valence-electron chi connectivity index (χ1n) is 19.1. The summed E-state index contributed by atoms with van der Waals surface area (Å²) in [7, 11) is 1.31. The smallest absolute Gasteiger partial charge is 0.481 e. The molecule has 5 rings (SSSR count). The molecule has 0 saturated heterocycles. The second kappa shape index (κ2) is 19.1. The van der Waals surface area contributed by atoms with Crippen LogP contribution in [0, 0.1) is 13.8 Å². The monoisotopic (exact) mass is 847 g/mol. The van der Waals surface area contributed by atoms with Gasteiger partial charge in [-0.2, -0.15) is 0 Å². The van der Waals surface area contributed by atoms with Crippen LogP contribution in [0.4, 0.5) is 0 Å². The molecule has 14 heteroatoms. The second-order valence-corrected chi connectivity index (χ2v) is 14.6. The summed E-state index contributed by atoms with van der Waals surface area (Å²) < 4.78 is 5.19. The van der Waals surface area contributed by atoms with Gasteiger partial charge in [0.1, 0.15) is 0 Å². The number of amides is 1. The number of rotatable bonds is 15. The molecule has 55 heavy (non-hydrogen) atoms. The molecule has 0 radical (unpaired) electrons. The Morgan fingerprint density at radius 2 is 1.49 bits per heavy atom. The van der Waals surface area contributed by atoms with Crippen molar-refractivity contribution in [3.63, 3.8) is 0 Å². The van der Waals surface area contributed by atoms with E-state index in [0.717, 1.165) is 42.9 Å². The zero-order valence-electron chi connectivity index (χ0n) is 32.9. The van der Waals surface area contributed by atoms with Gasteiger partial charge in [-0.05, 0) is 95.4 Å². The molecule has 1 amide bonds. The molecule has 8 bridgehead atoms. The van der Waals surface area contributed by atoms with E-state index in [1.54, 1.807) is 6.92 Å². The number of Topliss-reactive ketones (excluding diaryl/α,β-unsaturated/α-hetero) is 1. The fourth-order valence-corrected chi connectivity index (χ4v) is 7.98. The van der Waals surface area contributed by atoms with Crippen LogP contribution < -0.4 is 16.4 Å². The maximum atomic E-state index is 14.2. The van der Waals surface area contributed by atoms with Crippen molar-refractivity contribution < 1.29 is 49.4 Å². The number of hydrogen-bond donors (Lipinski definition) is 6. The predicted molar refractivity (Wildman–Crippen MR) is 209 cm³/mol. The number of H-pyrrole nitrogens is 2. The Labute approximate surface area is 336 Å². The number of carboxylic acids is 1. The van der Waals surface area contributed by atoms with Gasteiger partial charge in [-0.3, -0.25) is 29.1 Å². The zero-order valence-corrected chi connectivity index (χ0v) is 34.4. The standard InChI is InChI=1S/C41H55N7O6.Pd/c1-8-26-21(2)29-20-34-37(25(6)49)23(4)31(46-34)18-30-22(3)27(11-12-35(50)51)39(47-30)28(17-36(52)54-7)40-38(24(5)32(48-40)19-33(26)45-29)41(53)44-16-10-15-43-14-9-13-42;/h18-22,26-27,43,46,48H,8-17,42H2,1-7H3,(H,44,53)(H,50,51);/q;+2/t21-,22+,26-,27+;/m1./s1. The normalized spacial score (nSPS) is 17.7. The van der Waals surface area contributed by atoms with Crippen molar-refractivity contribution in [2.45, 2.75) is 104 Å². The molecular weight excluding hydrogens is 793 g/mol. The van der Waals surface area contributed by atoms with Gasteiger partial charge in [-0.15, -0.1) is 0 Å². The third-order valence-corrected chi connectivity index (χ3v) is 11.1. The topological polar surface area (TPSA) is 205 Å². The number of carbonyl (C=O) groups excluding carboxylic acids is 3. The summed E-state index contributed by atoms with van der Waals surface area (Å²) in [5, 5.41) is 16.2. The molecular formula is C41H55N7O6Pd+2. The van der Waals surface area contributed by atoms with Crippen LogP contribution in [0.25, 0.3) is 22.1 Å². The van der Waals surface area contributed by atoms with E-state index in [1.807, 2.05) is 39.0 Å². The molecule has 4 atom stereocenters. The predicted octanol–water partition coefficient (Wildman–Crippen LogP) is 5.95. The van der Waals surface area contributed by atoms with Crippen LogP contribution in [-0.2, 0) is 41.2 Å². The maximum Gasteiger partial charge on any atom is 2.00 e. The first kappa shape index (κ1) is 43.5. The van der Waals surface area contributed by atoms with Gasteiger partial charge in [0.05, 0.1) is 35.8 Å². The molecule has 3 aromatic rings. The number of aryl methyl sites for hydroxylation is 2. The van der Waals surface area contributed by atoms with E-state index in [-0.39, 0.29) is 69.1 Å². The van der Waals surface area contributed by atoms with Crippen molar-refractivity contribution in [1.29, 1.82) is 0 Å². The van der Waals surface area contributed by atoms with Crippen molar-refractivity contribution in [2.75, 3.05) is 33.3 Å². The third kappa shape index (κ3) is 9.43. The first-order valence-corrected chi connectivity index (χ1v) is 19.1. The van der Waals surface area contributed by atoms with E-state index in [1.165, 1.54) is 7.11 Å². The fourth-order valence-electron chi connectivity index (χ4n) is 7.98. The van der Waals surface area contributed by atoms with Crippen LogP contribution in [0.15, 0.2) is 18.2 Å². The Morgan fingerprint density at radius 1 is 0.873 bits per heavy atom. The van der Waals surface area contributed by atoms with Crippen molar-refractivity contribution in [3.8, 4) is 0 Å². The summed E-state index contributed by atoms with van der Waals surface area (Å²) in [5.74, 6) is -2.39. The molecule has 0 unspecified atom stereocenters. The van der Waals surface area contributed by atoms with Crippen LogP contribution in [-0.4, -0.2) is 82.0 Å². The molecule has 5 heterocycles. The van der Waals surface area contributed by atoms with Crippen molar-refractivity contribution in [3.05, 3.63) is 68.8 Å². The third-order valence-electron chi connectivity index (χ3n) is 11.1. The van der Waals surface area contributed by atoms with Crippen molar-refractivity contribution in [1.82, 2.24) is 30.6 Å². The quantitative estimate of drug-likeness (QED) is 0.0459. The van der Waals surface area contributed by atoms with E-state index in [2.05, 4.69) is 34.4 Å². The van der Waals surface area contributed by atoms with Gasteiger partial charge >= 0.3 is 32.4 Å². The molecule has 0 saturated carbocycles. The number of aromatic nitrogens is 4. The molecule has 2 aliphatic heterocycles. The van der Waals surface area contributed by atoms with Gasteiger partial charge in [0.2, 0.25) is 0 Å². The number of nitrogens with two attached hydrogens (primary N) is 1. The Morgan fingerprint density at radius 3 is 2.15 bits per heavy atom. The van der Waals surface area contributed by atoms with E-state index >= 15 is 0 Å². The minimum atomic E-state index is -0.948. The average Bonchev–Trinajstić information content (AvgIpc) is 3.82. The van der Waals surface area contributed by atoms with Crippen molar-refractivity contribution >= 4 is 45.7 Å². The van der Waals surface area contributed by atoms with Gasteiger partial charge in [0.25, 0.3) is 5.91 Å². The van der Waals surface area contributed by atoms with E-state index in [4.69, 9.17) is 20.4 Å². The second-order valence-electron chi connectivity index (χ2n) is 14.6. The maximum absolute atomic E-state index is 14.2. The van der Waals surface area contributed by atoms with Gasteiger partial charge in [0, 0.05) is 75.9 Å². The number of nitrogens with one attached hydrogen (secondary N) is 4. The van der Waals surface area contributed by atoms with Crippen LogP contribution in [0.1, 0.15) is 144 Å². The molecule has 0 fully saturated rings. The summed E-state index contributed by atoms with van der Waals surface area (Å²) in [6.07, 6.45) is 2.32. The SMILES string of the molecule is CC[C@H]1c2cc3[nH]c(c(CC(=O)OC)c4nc(cc5[nH]c(cc(n2)[C@@H]1C)c(C(C)=O)c5C)[C@@H](C)[C@@H]4CCC(=O)O)c(C(=O)NCCCNCCCN)c3C.[Pd+2]. The first-order chi connectivity index (χ1) is 25.8. The largest absolute Gasteiger partial charge is 2.00 e. The number of nitrogens with zero attached hydrogens (tertiary/aromatic N) is 2. The summed E-state index contributed by atoms with van der Waals surface area (Å²) in [5.41, 5.74) is 13.9. The van der Waals surface area contributed by atoms with Crippen LogP contribution in [0.5, 0.6) is 0 Å². The molecule has 298 valence electrons. The number of fused-ring (bicyclic) bond motifs is 8. The Balaban J connectivity index is 0.00000673. The molecule has 0 spiro atoms. The van der Waals surface area contributed by atoms with Crippen molar-refractivity contribution in [2.24, 2.45) is 5.73 Å². The molecule has 0 aromatic carbocycles. The molecule has 7 N–H and O–H groups in total. The average molecular weight is 848 g/mol. The number of methoxy groups -OCH3 is 1. The minimum absolute atomic E-state index is 0. The Bertz CT molecular complexity index is 2090. The van der Waals surface area contributed by atoms with E-state index in [0.29, 0.717) is 75.2 Å².